The minimum atomic E-state index is -0.231. The van der Waals surface area contributed by atoms with Gasteiger partial charge in [-0.1, -0.05) is 42.0 Å². The lowest BCUT2D eigenvalue weighted by molar-refractivity contribution is -0.115. The van der Waals surface area contributed by atoms with Gasteiger partial charge >= 0.3 is 0 Å². The average molecular weight is 378 g/mol. The highest BCUT2D eigenvalue weighted by Crippen LogP contribution is 2.32. The van der Waals surface area contributed by atoms with Gasteiger partial charge in [-0.15, -0.1) is 0 Å². The van der Waals surface area contributed by atoms with Gasteiger partial charge in [-0.3, -0.25) is 9.59 Å². The normalized spacial score (nSPS) is 14.2. The van der Waals surface area contributed by atoms with Crippen LogP contribution in [0, 0.1) is 6.92 Å². The largest absolute Gasteiger partial charge is 0.449 e. The topological polar surface area (TPSA) is 71.8 Å². The minimum absolute atomic E-state index is 0.167. The first-order valence-corrected chi connectivity index (χ1v) is 9.36. The highest BCUT2D eigenvalue weighted by molar-refractivity contribution is 6.11. The summed E-state index contributed by atoms with van der Waals surface area (Å²) in [7, 11) is 0. The number of hydrogen-bond donors (Lipinski definition) is 1. The second kappa shape index (κ2) is 7.86. The molecule has 28 heavy (non-hydrogen) atoms. The molecule has 1 aliphatic rings. The van der Waals surface area contributed by atoms with Crippen molar-refractivity contribution >= 4 is 28.5 Å². The Bertz CT molecular complexity index is 1000. The molecule has 1 fully saturated rings. The van der Waals surface area contributed by atoms with Crippen LogP contribution in [0.2, 0.25) is 0 Å². The summed E-state index contributed by atoms with van der Waals surface area (Å²) in [6.45, 7) is 4.02. The lowest BCUT2D eigenvalue weighted by Gasteiger charge is -2.26. The van der Waals surface area contributed by atoms with Crippen LogP contribution in [0.4, 0.5) is 5.69 Å². The molecule has 0 aliphatic carbocycles. The Hall–Kier alpha value is -3.12. The van der Waals surface area contributed by atoms with Gasteiger partial charge in [-0.25, -0.2) is 0 Å². The zero-order chi connectivity index (χ0) is 19.5. The molecule has 1 saturated heterocycles. The van der Waals surface area contributed by atoms with Crippen molar-refractivity contribution in [1.82, 2.24) is 4.90 Å². The Kier molecular flexibility index (Phi) is 5.12. The van der Waals surface area contributed by atoms with Crippen LogP contribution in [0.5, 0.6) is 0 Å². The number of rotatable bonds is 4. The van der Waals surface area contributed by atoms with Crippen molar-refractivity contribution in [3.05, 3.63) is 65.4 Å². The van der Waals surface area contributed by atoms with Gasteiger partial charge in [-0.2, -0.15) is 0 Å². The second-order valence-electron chi connectivity index (χ2n) is 6.92. The predicted molar refractivity (Wildman–Crippen MR) is 106 cm³/mol. The van der Waals surface area contributed by atoms with Gasteiger partial charge in [0.1, 0.15) is 11.3 Å². The Morgan fingerprint density at radius 2 is 1.75 bits per heavy atom. The number of anilines is 1. The quantitative estimate of drug-likeness (QED) is 0.755. The number of para-hydroxylation sites is 1. The van der Waals surface area contributed by atoms with Crippen molar-refractivity contribution in [1.29, 1.82) is 0 Å². The third-order valence-corrected chi connectivity index (χ3v) is 4.84. The van der Waals surface area contributed by atoms with Crippen LogP contribution in [0.1, 0.15) is 21.7 Å². The van der Waals surface area contributed by atoms with E-state index in [0.717, 1.165) is 16.5 Å². The van der Waals surface area contributed by atoms with E-state index in [2.05, 4.69) is 5.32 Å². The van der Waals surface area contributed by atoms with Crippen LogP contribution in [0.15, 0.2) is 52.9 Å². The summed E-state index contributed by atoms with van der Waals surface area (Å²) in [6.07, 6.45) is 0.227. The second-order valence-corrected chi connectivity index (χ2v) is 6.92. The highest BCUT2D eigenvalue weighted by atomic mass is 16.5. The zero-order valence-electron chi connectivity index (χ0n) is 15.7. The maximum atomic E-state index is 13.0. The number of furan rings is 1. The number of morpholine rings is 1. The Balaban J connectivity index is 1.62. The van der Waals surface area contributed by atoms with Crippen molar-refractivity contribution in [3.63, 3.8) is 0 Å². The van der Waals surface area contributed by atoms with Crippen LogP contribution in [-0.4, -0.2) is 43.0 Å². The molecular formula is C22H22N2O4. The van der Waals surface area contributed by atoms with E-state index < -0.39 is 0 Å². The summed E-state index contributed by atoms with van der Waals surface area (Å²) in [5.74, 6) is -0.253. The molecule has 2 heterocycles. The van der Waals surface area contributed by atoms with Crippen LogP contribution < -0.4 is 5.32 Å². The molecular weight excluding hydrogens is 356 g/mol. The molecule has 144 valence electrons. The van der Waals surface area contributed by atoms with Crippen molar-refractivity contribution in [2.75, 3.05) is 31.6 Å². The molecule has 0 radical (unpaired) electrons. The SMILES string of the molecule is Cc1ccc(CC(=O)Nc2c(C(=O)N3CCOCC3)oc3ccccc23)cc1. The summed E-state index contributed by atoms with van der Waals surface area (Å²) in [6, 6.07) is 15.2. The molecule has 4 rings (SSSR count). The molecule has 0 unspecified atom stereocenters. The lowest BCUT2D eigenvalue weighted by atomic mass is 10.1. The van der Waals surface area contributed by atoms with Gasteiger partial charge in [0.2, 0.25) is 11.7 Å². The number of aryl methyl sites for hydroxylation is 1. The van der Waals surface area contributed by atoms with E-state index in [1.54, 1.807) is 11.0 Å². The predicted octanol–water partition coefficient (Wildman–Crippen LogP) is 3.39. The van der Waals surface area contributed by atoms with Crippen LogP contribution in [-0.2, 0) is 16.0 Å². The van der Waals surface area contributed by atoms with Crippen molar-refractivity contribution in [2.24, 2.45) is 0 Å². The van der Waals surface area contributed by atoms with Gasteiger partial charge in [0, 0.05) is 18.5 Å². The Labute approximate surface area is 163 Å². The maximum absolute atomic E-state index is 13.0. The zero-order valence-corrected chi connectivity index (χ0v) is 15.7. The minimum Gasteiger partial charge on any atom is -0.449 e. The van der Waals surface area contributed by atoms with Crippen LogP contribution in [0.3, 0.4) is 0 Å². The van der Waals surface area contributed by atoms with E-state index in [0.29, 0.717) is 37.6 Å². The number of nitrogens with zero attached hydrogens (tertiary/aromatic N) is 1. The van der Waals surface area contributed by atoms with Crippen molar-refractivity contribution in [3.8, 4) is 0 Å². The fourth-order valence-corrected chi connectivity index (χ4v) is 3.31. The van der Waals surface area contributed by atoms with Crippen molar-refractivity contribution < 1.29 is 18.7 Å². The number of carbonyl (C=O) groups is 2. The van der Waals surface area contributed by atoms with E-state index in [-0.39, 0.29) is 24.0 Å². The molecule has 1 aromatic heterocycles. The number of carbonyl (C=O) groups excluding carboxylic acids is 2. The van der Waals surface area contributed by atoms with Crippen molar-refractivity contribution in [2.45, 2.75) is 13.3 Å². The van der Waals surface area contributed by atoms with Gasteiger partial charge in [-0.05, 0) is 24.6 Å². The average Bonchev–Trinajstić information content (AvgIpc) is 3.08. The van der Waals surface area contributed by atoms with E-state index in [9.17, 15) is 9.59 Å². The number of fused-ring (bicyclic) bond motifs is 1. The summed E-state index contributed by atoms with van der Waals surface area (Å²) < 4.78 is 11.2. The van der Waals surface area contributed by atoms with Gasteiger partial charge in [0.05, 0.1) is 19.6 Å². The molecule has 2 aromatic carbocycles. The van der Waals surface area contributed by atoms with E-state index in [4.69, 9.17) is 9.15 Å². The number of amides is 2. The molecule has 6 nitrogen and oxygen atoms in total. The van der Waals surface area contributed by atoms with Gasteiger partial charge < -0.3 is 19.4 Å². The smallest absolute Gasteiger partial charge is 0.291 e. The summed E-state index contributed by atoms with van der Waals surface area (Å²) in [5.41, 5.74) is 3.06. The first-order chi connectivity index (χ1) is 13.6. The molecule has 1 aliphatic heterocycles. The Morgan fingerprint density at radius 3 is 2.50 bits per heavy atom. The number of benzene rings is 2. The lowest BCUT2D eigenvalue weighted by Crippen LogP contribution is -2.40. The molecule has 0 spiro atoms. The Morgan fingerprint density at radius 1 is 1.04 bits per heavy atom. The number of hydrogen-bond acceptors (Lipinski definition) is 4. The fourth-order valence-electron chi connectivity index (χ4n) is 3.31. The van der Waals surface area contributed by atoms with Gasteiger partial charge in [0.15, 0.2) is 0 Å². The van der Waals surface area contributed by atoms with Crippen LogP contribution >= 0.6 is 0 Å². The van der Waals surface area contributed by atoms with E-state index in [1.165, 1.54) is 0 Å². The molecule has 3 aromatic rings. The molecule has 0 saturated carbocycles. The molecule has 0 bridgehead atoms. The number of nitrogens with one attached hydrogen (secondary N) is 1. The highest BCUT2D eigenvalue weighted by Gasteiger charge is 2.27. The standard InChI is InChI=1S/C22H22N2O4/c1-15-6-8-16(9-7-15)14-19(25)23-20-17-4-2-3-5-18(17)28-21(20)22(26)24-10-12-27-13-11-24/h2-9H,10-14H2,1H3,(H,23,25). The summed E-state index contributed by atoms with van der Waals surface area (Å²) in [5, 5.41) is 3.62. The summed E-state index contributed by atoms with van der Waals surface area (Å²) >= 11 is 0. The molecule has 2 amide bonds. The first-order valence-electron chi connectivity index (χ1n) is 9.36. The molecule has 6 heteroatoms. The third kappa shape index (κ3) is 3.77. The van der Waals surface area contributed by atoms with Crippen LogP contribution in [0.25, 0.3) is 11.0 Å². The third-order valence-electron chi connectivity index (χ3n) is 4.84. The monoisotopic (exact) mass is 378 g/mol. The van der Waals surface area contributed by atoms with E-state index in [1.807, 2.05) is 49.4 Å². The van der Waals surface area contributed by atoms with Gasteiger partial charge in [0.25, 0.3) is 5.91 Å². The van der Waals surface area contributed by atoms with E-state index >= 15 is 0 Å². The molecule has 1 N–H and O–H groups in total. The maximum Gasteiger partial charge on any atom is 0.291 e. The first kappa shape index (κ1) is 18.3. The summed E-state index contributed by atoms with van der Waals surface area (Å²) in [4.78, 5) is 27.3. The number of ether oxygens (including phenoxy) is 1. The fraction of sp³-hybridized carbons (Fsp3) is 0.273. The molecule has 0 atom stereocenters.